The van der Waals surface area contributed by atoms with Gasteiger partial charge in [0.15, 0.2) is 0 Å². The van der Waals surface area contributed by atoms with Crippen molar-refractivity contribution in [3.63, 3.8) is 0 Å². The molecule has 98 valence electrons. The van der Waals surface area contributed by atoms with E-state index in [0.29, 0.717) is 6.04 Å². The lowest BCUT2D eigenvalue weighted by molar-refractivity contribution is 0.409. The molecule has 0 fully saturated rings. The first-order valence-electron chi connectivity index (χ1n) is 6.75. The third kappa shape index (κ3) is 4.90. The normalized spacial score (nSPS) is 13.3. The number of rotatable bonds is 7. The molecule has 0 aromatic carbocycles. The fourth-order valence-corrected chi connectivity index (χ4v) is 2.26. The minimum absolute atomic E-state index is 0.574. The van der Waals surface area contributed by atoms with Gasteiger partial charge in [0.2, 0.25) is 0 Å². The van der Waals surface area contributed by atoms with Gasteiger partial charge in [0.25, 0.3) is 0 Å². The van der Waals surface area contributed by atoms with Crippen LogP contribution in [-0.2, 0) is 13.5 Å². The Kier molecular flexibility index (Phi) is 5.69. The summed E-state index contributed by atoms with van der Waals surface area (Å²) in [5.74, 6) is 0.735. The van der Waals surface area contributed by atoms with Crippen molar-refractivity contribution in [3.05, 3.63) is 17.5 Å². The summed E-state index contributed by atoms with van der Waals surface area (Å²) in [5, 5.41) is 8.06. The first-order chi connectivity index (χ1) is 8.02. The monoisotopic (exact) mass is 237 g/mol. The molecule has 0 saturated heterocycles. The third-order valence-electron chi connectivity index (χ3n) is 2.99. The van der Waals surface area contributed by atoms with Crippen LogP contribution in [0.1, 0.15) is 45.0 Å². The zero-order valence-electron chi connectivity index (χ0n) is 12.0. The average Bonchev–Trinajstić information content (AvgIpc) is 2.53. The van der Waals surface area contributed by atoms with Crippen LogP contribution in [0.3, 0.4) is 0 Å². The van der Waals surface area contributed by atoms with E-state index < -0.39 is 0 Å². The predicted molar refractivity (Wildman–Crippen MR) is 73.2 cm³/mol. The van der Waals surface area contributed by atoms with Crippen molar-refractivity contribution in [1.82, 2.24) is 15.1 Å². The van der Waals surface area contributed by atoms with Crippen LogP contribution in [0.5, 0.6) is 0 Å². The molecule has 17 heavy (non-hydrogen) atoms. The standard InChI is InChI=1S/C14H27N3/c1-6-7-15-13(8-11(2)3)10-14-9-12(4)16-17(14)5/h9,11,13,15H,6-8,10H2,1-5H3. The van der Waals surface area contributed by atoms with Crippen LogP contribution in [0.2, 0.25) is 0 Å². The molecule has 0 aliphatic carbocycles. The van der Waals surface area contributed by atoms with E-state index in [1.165, 1.54) is 18.5 Å². The maximum atomic E-state index is 4.41. The van der Waals surface area contributed by atoms with Gasteiger partial charge in [0.1, 0.15) is 0 Å². The molecule has 1 aromatic rings. The molecule has 0 saturated carbocycles. The molecule has 0 aliphatic rings. The topological polar surface area (TPSA) is 29.9 Å². The number of aromatic nitrogens is 2. The van der Waals surface area contributed by atoms with Crippen LogP contribution in [0.25, 0.3) is 0 Å². The maximum Gasteiger partial charge on any atom is 0.0596 e. The number of hydrogen-bond acceptors (Lipinski definition) is 2. The van der Waals surface area contributed by atoms with Crippen LogP contribution < -0.4 is 5.32 Å². The Morgan fingerprint density at radius 1 is 1.41 bits per heavy atom. The highest BCUT2D eigenvalue weighted by molar-refractivity contribution is 5.10. The molecule has 0 amide bonds. The fraction of sp³-hybridized carbons (Fsp3) is 0.786. The molecule has 1 rings (SSSR count). The Hall–Kier alpha value is -0.830. The van der Waals surface area contributed by atoms with Gasteiger partial charge in [-0.25, -0.2) is 0 Å². The van der Waals surface area contributed by atoms with Crippen molar-refractivity contribution in [2.75, 3.05) is 6.54 Å². The predicted octanol–water partition coefficient (Wildman–Crippen LogP) is 2.69. The van der Waals surface area contributed by atoms with E-state index in [9.17, 15) is 0 Å². The molecule has 1 unspecified atom stereocenters. The van der Waals surface area contributed by atoms with Crippen molar-refractivity contribution in [1.29, 1.82) is 0 Å². The van der Waals surface area contributed by atoms with Crippen molar-refractivity contribution in [2.24, 2.45) is 13.0 Å². The minimum atomic E-state index is 0.574. The largest absolute Gasteiger partial charge is 0.314 e. The molecular formula is C14H27N3. The van der Waals surface area contributed by atoms with Gasteiger partial charge in [-0.15, -0.1) is 0 Å². The van der Waals surface area contributed by atoms with E-state index in [1.54, 1.807) is 0 Å². The third-order valence-corrected chi connectivity index (χ3v) is 2.99. The van der Waals surface area contributed by atoms with E-state index in [0.717, 1.165) is 24.6 Å². The molecule has 0 aliphatic heterocycles. The lowest BCUT2D eigenvalue weighted by Gasteiger charge is -2.20. The zero-order valence-corrected chi connectivity index (χ0v) is 12.0. The van der Waals surface area contributed by atoms with Gasteiger partial charge >= 0.3 is 0 Å². The molecule has 1 N–H and O–H groups in total. The molecule has 0 bridgehead atoms. The lowest BCUT2D eigenvalue weighted by atomic mass is 9.99. The zero-order chi connectivity index (χ0) is 12.8. The second-order valence-electron chi connectivity index (χ2n) is 5.39. The van der Waals surface area contributed by atoms with Gasteiger partial charge in [0.05, 0.1) is 5.69 Å². The van der Waals surface area contributed by atoms with Crippen LogP contribution >= 0.6 is 0 Å². The summed E-state index contributed by atoms with van der Waals surface area (Å²) < 4.78 is 2.01. The van der Waals surface area contributed by atoms with E-state index in [4.69, 9.17) is 0 Å². The van der Waals surface area contributed by atoms with Crippen molar-refractivity contribution >= 4 is 0 Å². The maximum absolute atomic E-state index is 4.41. The summed E-state index contributed by atoms with van der Waals surface area (Å²) in [6.45, 7) is 9.95. The van der Waals surface area contributed by atoms with Gasteiger partial charge in [-0.3, -0.25) is 4.68 Å². The highest BCUT2D eigenvalue weighted by Gasteiger charge is 2.13. The molecule has 1 aromatic heterocycles. The number of nitrogens with zero attached hydrogens (tertiary/aromatic N) is 2. The van der Waals surface area contributed by atoms with Crippen molar-refractivity contribution in [3.8, 4) is 0 Å². The molecular weight excluding hydrogens is 210 g/mol. The van der Waals surface area contributed by atoms with Crippen molar-refractivity contribution in [2.45, 2.75) is 53.0 Å². The highest BCUT2D eigenvalue weighted by Crippen LogP contribution is 2.12. The average molecular weight is 237 g/mol. The Bertz CT molecular complexity index is 328. The van der Waals surface area contributed by atoms with Crippen LogP contribution in [0.15, 0.2) is 6.07 Å². The Balaban J connectivity index is 2.61. The highest BCUT2D eigenvalue weighted by atomic mass is 15.3. The number of nitrogens with one attached hydrogen (secondary N) is 1. The van der Waals surface area contributed by atoms with Crippen LogP contribution in [0, 0.1) is 12.8 Å². The Morgan fingerprint density at radius 3 is 2.59 bits per heavy atom. The minimum Gasteiger partial charge on any atom is -0.314 e. The first kappa shape index (κ1) is 14.2. The van der Waals surface area contributed by atoms with Gasteiger partial charge in [-0.05, 0) is 38.3 Å². The van der Waals surface area contributed by atoms with E-state index in [1.807, 2.05) is 11.7 Å². The molecule has 1 heterocycles. The number of hydrogen-bond donors (Lipinski definition) is 1. The second-order valence-corrected chi connectivity index (χ2v) is 5.39. The SMILES string of the molecule is CCCNC(Cc1cc(C)nn1C)CC(C)C. The summed E-state index contributed by atoms with van der Waals surface area (Å²) in [7, 11) is 2.04. The van der Waals surface area contributed by atoms with E-state index >= 15 is 0 Å². The van der Waals surface area contributed by atoms with E-state index in [-0.39, 0.29) is 0 Å². The second kappa shape index (κ2) is 6.80. The number of aryl methyl sites for hydroxylation is 2. The molecule has 0 spiro atoms. The summed E-state index contributed by atoms with van der Waals surface area (Å²) in [5.41, 5.74) is 2.44. The molecule has 0 radical (unpaired) electrons. The first-order valence-corrected chi connectivity index (χ1v) is 6.75. The van der Waals surface area contributed by atoms with Crippen LogP contribution in [0.4, 0.5) is 0 Å². The molecule has 3 heteroatoms. The summed E-state index contributed by atoms with van der Waals surface area (Å²) >= 11 is 0. The van der Waals surface area contributed by atoms with Gasteiger partial charge < -0.3 is 5.32 Å². The quantitative estimate of drug-likeness (QED) is 0.790. The molecule has 3 nitrogen and oxygen atoms in total. The lowest BCUT2D eigenvalue weighted by Crippen LogP contribution is -2.33. The summed E-state index contributed by atoms with van der Waals surface area (Å²) in [4.78, 5) is 0. The van der Waals surface area contributed by atoms with Gasteiger partial charge in [-0.2, -0.15) is 5.10 Å². The fourth-order valence-electron chi connectivity index (χ4n) is 2.26. The smallest absolute Gasteiger partial charge is 0.0596 e. The summed E-state index contributed by atoms with van der Waals surface area (Å²) in [6.07, 6.45) is 3.50. The van der Waals surface area contributed by atoms with Gasteiger partial charge in [-0.1, -0.05) is 20.8 Å². The molecule has 1 atom stereocenters. The van der Waals surface area contributed by atoms with Crippen molar-refractivity contribution < 1.29 is 0 Å². The Labute approximate surface area is 106 Å². The van der Waals surface area contributed by atoms with E-state index in [2.05, 4.69) is 44.2 Å². The van der Waals surface area contributed by atoms with Crippen LogP contribution in [-0.4, -0.2) is 22.4 Å². The summed E-state index contributed by atoms with van der Waals surface area (Å²) in [6, 6.07) is 2.77. The van der Waals surface area contributed by atoms with Gasteiger partial charge in [0, 0.05) is 25.2 Å². The Morgan fingerprint density at radius 2 is 2.12 bits per heavy atom.